The Labute approximate surface area is 131 Å². The monoisotopic (exact) mass is 426 g/mol. The molecule has 0 aromatic carbocycles. The summed E-state index contributed by atoms with van der Waals surface area (Å²) < 4.78 is 150. The first kappa shape index (κ1) is 39.1. The molecule has 0 N–H and O–H groups in total. The van der Waals surface area contributed by atoms with E-state index in [9.17, 15) is 66.1 Å². The molecule has 0 fully saturated rings. The van der Waals surface area contributed by atoms with E-state index in [-0.39, 0.29) is 6.67 Å². The molecule has 0 spiro atoms. The molecular formula is C8H13F15O2. The van der Waals surface area contributed by atoms with E-state index < -0.39 is 39.9 Å². The van der Waals surface area contributed by atoms with E-state index >= 15 is 0 Å². The van der Waals surface area contributed by atoms with Gasteiger partial charge in [-0.2, -0.15) is 23.1 Å². The normalized spacial score (nSPS) is 9.12. The van der Waals surface area contributed by atoms with Gasteiger partial charge in [0.1, 0.15) is 0 Å². The van der Waals surface area contributed by atoms with Crippen molar-refractivity contribution in [1.29, 1.82) is 0 Å². The molecule has 0 unspecified atom stereocenters. The largest absolute Gasteiger partial charge is 0.559 e. The van der Waals surface area contributed by atoms with Crippen LogP contribution in [0.5, 0.6) is 0 Å². The van der Waals surface area contributed by atoms with Crippen LogP contribution in [0.15, 0.2) is 0 Å². The van der Waals surface area contributed by atoms with E-state index in [0.717, 1.165) is 0 Å². The Hall–Kier alpha value is -1.13. The molecular weight excluding hydrogens is 413 g/mol. The van der Waals surface area contributed by atoms with E-state index in [4.69, 9.17) is 0 Å². The van der Waals surface area contributed by atoms with E-state index in [1.165, 1.54) is 6.92 Å². The van der Waals surface area contributed by atoms with E-state index in [1.807, 2.05) is 0 Å². The Kier molecular flexibility index (Phi) is 53.6. The van der Waals surface area contributed by atoms with E-state index in [0.29, 0.717) is 0 Å². The maximum Gasteiger partial charge on any atom is 0.559 e. The molecule has 0 atom stereocenters. The van der Waals surface area contributed by atoms with Gasteiger partial charge < -0.3 is 0 Å². The lowest BCUT2D eigenvalue weighted by Crippen LogP contribution is -2.13. The van der Waals surface area contributed by atoms with Crippen LogP contribution in [0.2, 0.25) is 0 Å². The molecule has 0 aromatic rings. The molecule has 0 radical (unpaired) electrons. The van der Waals surface area contributed by atoms with Crippen molar-refractivity contribution in [2.75, 3.05) is 34.0 Å². The molecule has 0 aromatic heterocycles. The summed E-state index contributed by atoms with van der Waals surface area (Å²) in [5.74, 6) is 0. The van der Waals surface area contributed by atoms with E-state index in [2.05, 4.69) is 9.88 Å². The van der Waals surface area contributed by atoms with Crippen LogP contribution in [0.1, 0.15) is 6.92 Å². The van der Waals surface area contributed by atoms with Crippen LogP contribution in [0, 0.1) is 0 Å². The van der Waals surface area contributed by atoms with Crippen LogP contribution >= 0.6 is 0 Å². The number of hydrogen-bond donors (Lipinski definition) is 0. The summed E-state index contributed by atoms with van der Waals surface area (Å²) >= 11 is 0. The highest BCUT2D eigenvalue weighted by molar-refractivity contribution is 4.40. The minimum Gasteiger partial charge on any atom is -0.251 e. The summed E-state index contributed by atoms with van der Waals surface area (Å²) in [4.78, 5) is 4.66. The molecule has 0 aliphatic heterocycles. The first-order valence-corrected chi connectivity index (χ1v) is 4.87. The van der Waals surface area contributed by atoms with Gasteiger partial charge in [-0.15, -0.1) is 17.6 Å². The molecule has 0 bridgehead atoms. The van der Waals surface area contributed by atoms with Gasteiger partial charge in [0, 0.05) is 0 Å². The first-order valence-electron chi connectivity index (χ1n) is 4.87. The second-order valence-electron chi connectivity index (χ2n) is 1.98. The van der Waals surface area contributed by atoms with Gasteiger partial charge in [-0.3, -0.25) is 4.39 Å². The lowest BCUT2D eigenvalue weighted by Gasteiger charge is -1.97. The van der Waals surface area contributed by atoms with Gasteiger partial charge in [0.25, 0.3) is 0 Å². The second-order valence-corrected chi connectivity index (χ2v) is 1.98. The summed E-state index contributed by atoms with van der Waals surface area (Å²) in [6, 6.07) is 0. The standard InChI is InChI=1S/C2H2F4O.C2H5F.CF4.CH2F2O.2CH2F2/c3-2(4,5)1-7-6;1-2-3;2-1(3,4)5;2-1-4-3;2*2-1-3/h1H2;2H2,1H3;;1H2;2*1H2. The van der Waals surface area contributed by atoms with Crippen molar-refractivity contribution in [3.63, 3.8) is 0 Å². The zero-order chi connectivity index (χ0) is 21.9. The zero-order valence-electron chi connectivity index (χ0n) is 12.0. The van der Waals surface area contributed by atoms with Crippen molar-refractivity contribution < 1.29 is 76.0 Å². The summed E-state index contributed by atoms with van der Waals surface area (Å²) in [6.07, 6.45) is -10.0. The molecule has 0 rings (SSSR count). The maximum absolute atomic E-state index is 10.7. The molecule has 17 heteroatoms. The van der Waals surface area contributed by atoms with Crippen molar-refractivity contribution >= 4 is 0 Å². The minimum atomic E-state index is -5.50. The van der Waals surface area contributed by atoms with Crippen molar-refractivity contribution in [1.82, 2.24) is 0 Å². The Balaban J connectivity index is -0.0000000451. The Morgan fingerprint density at radius 1 is 0.640 bits per heavy atom. The summed E-state index contributed by atoms with van der Waals surface area (Å²) in [5, 5.41) is 0. The topological polar surface area (TPSA) is 18.5 Å². The molecule has 25 heavy (non-hydrogen) atoms. The molecule has 0 saturated carbocycles. The fourth-order valence-corrected chi connectivity index (χ4v) is 0.0619. The molecule has 0 heterocycles. The summed E-state index contributed by atoms with van der Waals surface area (Å²) in [6.45, 7) is -5.47. The SMILES string of the molecule is CCF.FC(F)(F)F.FCF.FCF.FCOF.FOCC(F)(F)F. The molecule has 0 aliphatic carbocycles. The first-order chi connectivity index (χ1) is 11.2. The highest BCUT2D eigenvalue weighted by Crippen LogP contribution is 2.14. The van der Waals surface area contributed by atoms with Gasteiger partial charge in [-0.25, -0.2) is 22.0 Å². The van der Waals surface area contributed by atoms with Crippen LogP contribution in [-0.2, 0) is 9.88 Å². The van der Waals surface area contributed by atoms with Crippen LogP contribution in [0.25, 0.3) is 0 Å². The fraction of sp³-hybridized carbons (Fsp3) is 1.00. The predicted octanol–water partition coefficient (Wildman–Crippen LogP) is 6.48. The third kappa shape index (κ3) is 665. The highest BCUT2D eigenvalue weighted by Gasteiger charge is 2.27. The molecule has 0 saturated heterocycles. The van der Waals surface area contributed by atoms with E-state index in [1.54, 1.807) is 0 Å². The minimum absolute atomic E-state index is 0.250. The predicted molar refractivity (Wildman–Crippen MR) is 54.3 cm³/mol. The Morgan fingerprint density at radius 2 is 0.800 bits per heavy atom. The Morgan fingerprint density at radius 3 is 0.800 bits per heavy atom. The lowest BCUT2D eigenvalue weighted by molar-refractivity contribution is -0.245. The fourth-order valence-electron chi connectivity index (χ4n) is 0.0619. The molecule has 0 aliphatic rings. The number of rotatable bonds is 2. The van der Waals surface area contributed by atoms with Crippen LogP contribution in [-0.4, -0.2) is 46.6 Å². The van der Waals surface area contributed by atoms with Crippen molar-refractivity contribution in [3.05, 3.63) is 0 Å². The number of hydrogen-bond acceptors (Lipinski definition) is 2. The van der Waals surface area contributed by atoms with Gasteiger partial charge in [0.2, 0.25) is 20.7 Å². The zero-order valence-corrected chi connectivity index (χ0v) is 12.0. The lowest BCUT2D eigenvalue weighted by atomic mass is 10.7. The van der Waals surface area contributed by atoms with Gasteiger partial charge in [0.05, 0.1) is 6.67 Å². The smallest absolute Gasteiger partial charge is 0.251 e. The summed E-state index contributed by atoms with van der Waals surface area (Å²) in [7, 11) is 0. The molecule has 162 valence electrons. The number of halogens is 15. The number of alkyl halides is 13. The third-order valence-corrected chi connectivity index (χ3v) is 0.259. The van der Waals surface area contributed by atoms with Gasteiger partial charge >= 0.3 is 12.6 Å². The molecule has 0 amide bonds. The average Bonchev–Trinajstić information content (AvgIpc) is 2.38. The quantitative estimate of drug-likeness (QED) is 0.471. The maximum atomic E-state index is 10.7. The average molecular weight is 426 g/mol. The van der Waals surface area contributed by atoms with Crippen LogP contribution in [0.4, 0.5) is 66.1 Å². The van der Waals surface area contributed by atoms with Gasteiger partial charge in [-0.1, -0.05) is 0 Å². The van der Waals surface area contributed by atoms with Crippen molar-refractivity contribution in [2.45, 2.75) is 19.5 Å². The van der Waals surface area contributed by atoms with Gasteiger partial charge in [-0.05, 0) is 16.0 Å². The van der Waals surface area contributed by atoms with Crippen molar-refractivity contribution in [2.24, 2.45) is 0 Å². The highest BCUT2D eigenvalue weighted by atomic mass is 19.5. The van der Waals surface area contributed by atoms with Crippen LogP contribution < -0.4 is 0 Å². The third-order valence-electron chi connectivity index (χ3n) is 0.259. The molecule has 2 nitrogen and oxygen atoms in total. The van der Waals surface area contributed by atoms with Gasteiger partial charge in [0.15, 0.2) is 6.61 Å². The Bertz CT molecular complexity index is 161. The van der Waals surface area contributed by atoms with Crippen molar-refractivity contribution in [3.8, 4) is 0 Å². The second kappa shape index (κ2) is 34.3. The van der Waals surface area contributed by atoms with Crippen LogP contribution in [0.3, 0.4) is 0 Å². The summed E-state index contributed by atoms with van der Waals surface area (Å²) in [5.41, 5.74) is 0.